The Morgan fingerprint density at radius 2 is 2.05 bits per heavy atom. The van der Waals surface area contributed by atoms with Crippen LogP contribution in [0.25, 0.3) is 5.69 Å². The Kier molecular flexibility index (Phi) is 4.19. The summed E-state index contributed by atoms with van der Waals surface area (Å²) in [4.78, 5) is 22.5. The normalized spacial score (nSPS) is 11.9. The summed E-state index contributed by atoms with van der Waals surface area (Å²) in [6.07, 6.45) is 0.159. The molecule has 0 aliphatic heterocycles. The maximum atomic E-state index is 11.8. The number of benzene rings is 1. The topological polar surface area (TPSA) is 136 Å². The van der Waals surface area contributed by atoms with Crippen LogP contribution in [-0.4, -0.2) is 39.4 Å². The fourth-order valence-corrected chi connectivity index (χ4v) is 1.66. The van der Waals surface area contributed by atoms with Crippen molar-refractivity contribution in [2.45, 2.75) is 6.10 Å². The second-order valence-electron chi connectivity index (χ2n) is 4.33. The minimum atomic E-state index is -1.43. The molecular weight excluding hydrogens is 274 g/mol. The number of aliphatic hydroxyl groups is 1. The van der Waals surface area contributed by atoms with E-state index in [1.165, 1.54) is 10.7 Å². The van der Waals surface area contributed by atoms with Crippen molar-refractivity contribution in [1.82, 2.24) is 15.1 Å². The molecule has 2 aromatic rings. The SMILES string of the molecule is NC(=O)C(O)CNC(=O)c1ccn(-c2ccccc2N)n1. The number of anilines is 1. The fourth-order valence-electron chi connectivity index (χ4n) is 1.66. The second-order valence-corrected chi connectivity index (χ2v) is 4.33. The zero-order chi connectivity index (χ0) is 15.4. The van der Waals surface area contributed by atoms with Gasteiger partial charge in [0.25, 0.3) is 5.91 Å². The smallest absolute Gasteiger partial charge is 0.271 e. The highest BCUT2D eigenvalue weighted by atomic mass is 16.3. The largest absolute Gasteiger partial charge is 0.397 e. The predicted octanol–water partition coefficient (Wildman–Crippen LogP) is -0.969. The highest BCUT2D eigenvalue weighted by Crippen LogP contribution is 2.15. The lowest BCUT2D eigenvalue weighted by atomic mass is 10.3. The van der Waals surface area contributed by atoms with Crippen molar-refractivity contribution >= 4 is 17.5 Å². The number of para-hydroxylation sites is 2. The number of nitrogen functional groups attached to an aromatic ring is 1. The van der Waals surface area contributed by atoms with E-state index in [4.69, 9.17) is 11.5 Å². The van der Waals surface area contributed by atoms with Gasteiger partial charge in [0.1, 0.15) is 6.10 Å². The quantitative estimate of drug-likeness (QED) is 0.525. The molecule has 1 heterocycles. The van der Waals surface area contributed by atoms with Gasteiger partial charge in [-0.3, -0.25) is 9.59 Å². The van der Waals surface area contributed by atoms with Crippen LogP contribution in [0.2, 0.25) is 0 Å². The molecule has 0 bridgehead atoms. The lowest BCUT2D eigenvalue weighted by Crippen LogP contribution is -2.40. The molecule has 0 fully saturated rings. The van der Waals surface area contributed by atoms with Gasteiger partial charge >= 0.3 is 0 Å². The molecule has 1 aromatic heterocycles. The molecule has 1 aromatic carbocycles. The van der Waals surface area contributed by atoms with Crippen LogP contribution in [-0.2, 0) is 4.79 Å². The molecule has 8 heteroatoms. The number of hydrogen-bond donors (Lipinski definition) is 4. The third-order valence-electron chi connectivity index (χ3n) is 2.79. The van der Waals surface area contributed by atoms with Gasteiger partial charge in [0.2, 0.25) is 5.91 Å². The van der Waals surface area contributed by atoms with E-state index < -0.39 is 17.9 Å². The van der Waals surface area contributed by atoms with Gasteiger partial charge in [-0.2, -0.15) is 5.10 Å². The van der Waals surface area contributed by atoms with Gasteiger partial charge in [-0.15, -0.1) is 0 Å². The monoisotopic (exact) mass is 289 g/mol. The Morgan fingerprint density at radius 1 is 1.33 bits per heavy atom. The summed E-state index contributed by atoms with van der Waals surface area (Å²) >= 11 is 0. The van der Waals surface area contributed by atoms with E-state index in [0.717, 1.165) is 0 Å². The number of carbonyl (C=O) groups is 2. The highest BCUT2D eigenvalue weighted by molar-refractivity contribution is 5.92. The van der Waals surface area contributed by atoms with E-state index >= 15 is 0 Å². The molecule has 6 N–H and O–H groups in total. The molecule has 0 aliphatic carbocycles. The number of aromatic nitrogens is 2. The van der Waals surface area contributed by atoms with Crippen LogP contribution in [0.3, 0.4) is 0 Å². The van der Waals surface area contributed by atoms with Crippen molar-refractivity contribution in [3.05, 3.63) is 42.2 Å². The average molecular weight is 289 g/mol. The van der Waals surface area contributed by atoms with Crippen LogP contribution in [0.15, 0.2) is 36.5 Å². The number of rotatable bonds is 5. The number of nitrogens with two attached hydrogens (primary N) is 2. The molecule has 21 heavy (non-hydrogen) atoms. The minimum Gasteiger partial charge on any atom is -0.397 e. The first kappa shape index (κ1) is 14.5. The maximum absolute atomic E-state index is 11.8. The summed E-state index contributed by atoms with van der Waals surface area (Å²) in [7, 11) is 0. The van der Waals surface area contributed by atoms with E-state index in [1.54, 1.807) is 30.5 Å². The van der Waals surface area contributed by atoms with Gasteiger partial charge in [0, 0.05) is 6.20 Å². The first-order chi connectivity index (χ1) is 9.99. The number of carbonyl (C=O) groups excluding carboxylic acids is 2. The third kappa shape index (κ3) is 3.37. The van der Waals surface area contributed by atoms with Crippen molar-refractivity contribution in [2.75, 3.05) is 12.3 Å². The van der Waals surface area contributed by atoms with Gasteiger partial charge in [0.15, 0.2) is 5.69 Å². The van der Waals surface area contributed by atoms with Crippen LogP contribution in [0.4, 0.5) is 5.69 Å². The Morgan fingerprint density at radius 3 is 2.71 bits per heavy atom. The number of hydrogen-bond acceptors (Lipinski definition) is 5. The standard InChI is InChI=1S/C13H15N5O3/c14-8-3-1-2-4-10(8)18-6-5-9(17-18)13(21)16-7-11(19)12(15)20/h1-6,11,19H,7,14H2,(H2,15,20)(H,16,21). The summed E-state index contributed by atoms with van der Waals surface area (Å²) in [6.45, 7) is -0.269. The summed E-state index contributed by atoms with van der Waals surface area (Å²) in [5.74, 6) is -1.43. The summed E-state index contributed by atoms with van der Waals surface area (Å²) in [6, 6.07) is 8.58. The number of primary amides is 1. The fraction of sp³-hybridized carbons (Fsp3) is 0.154. The van der Waals surface area contributed by atoms with Crippen molar-refractivity contribution < 1.29 is 14.7 Å². The van der Waals surface area contributed by atoms with Crippen molar-refractivity contribution in [3.8, 4) is 5.69 Å². The van der Waals surface area contributed by atoms with Crippen LogP contribution in [0.5, 0.6) is 0 Å². The van der Waals surface area contributed by atoms with Crippen molar-refractivity contribution in [3.63, 3.8) is 0 Å². The lowest BCUT2D eigenvalue weighted by molar-refractivity contribution is -0.125. The summed E-state index contributed by atoms with van der Waals surface area (Å²) < 4.78 is 1.47. The Balaban J connectivity index is 2.08. The molecule has 0 radical (unpaired) electrons. The van der Waals surface area contributed by atoms with Crippen LogP contribution < -0.4 is 16.8 Å². The van der Waals surface area contributed by atoms with Gasteiger partial charge in [0.05, 0.1) is 17.9 Å². The minimum absolute atomic E-state index is 0.134. The molecule has 0 aliphatic rings. The molecule has 2 rings (SSSR count). The zero-order valence-electron chi connectivity index (χ0n) is 11.1. The highest BCUT2D eigenvalue weighted by Gasteiger charge is 2.15. The van der Waals surface area contributed by atoms with E-state index in [0.29, 0.717) is 11.4 Å². The predicted molar refractivity (Wildman–Crippen MR) is 75.5 cm³/mol. The first-order valence-corrected chi connectivity index (χ1v) is 6.15. The average Bonchev–Trinajstić information content (AvgIpc) is 2.94. The lowest BCUT2D eigenvalue weighted by Gasteiger charge is -2.07. The van der Waals surface area contributed by atoms with Gasteiger partial charge in [-0.05, 0) is 18.2 Å². The molecular formula is C13H15N5O3. The van der Waals surface area contributed by atoms with E-state index in [2.05, 4.69) is 10.4 Å². The molecule has 2 amide bonds. The molecule has 0 saturated carbocycles. The molecule has 8 nitrogen and oxygen atoms in total. The van der Waals surface area contributed by atoms with Gasteiger partial charge < -0.3 is 21.9 Å². The maximum Gasteiger partial charge on any atom is 0.271 e. The van der Waals surface area contributed by atoms with Crippen molar-refractivity contribution in [1.29, 1.82) is 0 Å². The third-order valence-corrected chi connectivity index (χ3v) is 2.79. The summed E-state index contributed by atoms with van der Waals surface area (Å²) in [5.41, 5.74) is 12.0. The number of aliphatic hydroxyl groups excluding tert-OH is 1. The number of nitrogens with zero attached hydrogens (tertiary/aromatic N) is 2. The molecule has 1 atom stereocenters. The molecule has 0 saturated heterocycles. The number of amides is 2. The second kappa shape index (κ2) is 6.06. The van der Waals surface area contributed by atoms with Crippen LogP contribution in [0, 0.1) is 0 Å². The first-order valence-electron chi connectivity index (χ1n) is 6.15. The van der Waals surface area contributed by atoms with Crippen LogP contribution >= 0.6 is 0 Å². The van der Waals surface area contributed by atoms with E-state index in [-0.39, 0.29) is 12.2 Å². The van der Waals surface area contributed by atoms with Crippen LogP contribution in [0.1, 0.15) is 10.5 Å². The Bertz CT molecular complexity index is 667. The number of nitrogens with one attached hydrogen (secondary N) is 1. The molecule has 110 valence electrons. The Labute approximate surface area is 120 Å². The van der Waals surface area contributed by atoms with Gasteiger partial charge in [-0.1, -0.05) is 12.1 Å². The van der Waals surface area contributed by atoms with E-state index in [1.807, 2.05) is 0 Å². The molecule has 0 spiro atoms. The molecule has 1 unspecified atom stereocenters. The van der Waals surface area contributed by atoms with E-state index in [9.17, 15) is 14.7 Å². The Hall–Kier alpha value is -2.87. The van der Waals surface area contributed by atoms with Gasteiger partial charge in [-0.25, -0.2) is 4.68 Å². The van der Waals surface area contributed by atoms with Crippen molar-refractivity contribution in [2.24, 2.45) is 5.73 Å². The zero-order valence-corrected chi connectivity index (χ0v) is 11.1. The summed E-state index contributed by atoms with van der Waals surface area (Å²) in [5, 5.41) is 15.7.